The minimum atomic E-state index is -0.0237. The van der Waals surface area contributed by atoms with Crippen molar-refractivity contribution in [3.8, 4) is 5.75 Å². The molecule has 2 aromatic carbocycles. The van der Waals surface area contributed by atoms with E-state index in [0.717, 1.165) is 5.56 Å². The minimum Gasteiger partial charge on any atom is -0.487 e. The van der Waals surface area contributed by atoms with Crippen molar-refractivity contribution in [2.75, 3.05) is 5.73 Å². The first-order valence-electron chi connectivity index (χ1n) is 5.84. The van der Waals surface area contributed by atoms with Crippen LogP contribution in [0.15, 0.2) is 42.5 Å². The lowest BCUT2D eigenvalue weighted by atomic mass is 10.1. The van der Waals surface area contributed by atoms with E-state index >= 15 is 0 Å². The summed E-state index contributed by atoms with van der Waals surface area (Å²) in [5.74, 6) is 0.522. The predicted molar refractivity (Wildman–Crippen MR) is 76.6 cm³/mol. The van der Waals surface area contributed by atoms with E-state index in [1.54, 1.807) is 18.2 Å². The summed E-state index contributed by atoms with van der Waals surface area (Å²) in [4.78, 5) is 11.2. The SMILES string of the molecule is CC(=O)c1ccc(OCc2ccccc2Cl)c(N)c1. The molecule has 0 heterocycles. The summed E-state index contributed by atoms with van der Waals surface area (Å²) in [6.45, 7) is 1.84. The Morgan fingerprint density at radius 3 is 2.63 bits per heavy atom. The number of carbonyl (C=O) groups is 1. The Morgan fingerprint density at radius 1 is 1.26 bits per heavy atom. The van der Waals surface area contributed by atoms with Crippen LogP contribution in [0.1, 0.15) is 22.8 Å². The molecule has 19 heavy (non-hydrogen) atoms. The van der Waals surface area contributed by atoms with Gasteiger partial charge in [0.2, 0.25) is 0 Å². The number of hydrogen-bond acceptors (Lipinski definition) is 3. The normalized spacial score (nSPS) is 10.2. The molecule has 0 bridgehead atoms. The predicted octanol–water partition coefficient (Wildman–Crippen LogP) is 3.70. The van der Waals surface area contributed by atoms with E-state index in [1.807, 2.05) is 24.3 Å². The summed E-state index contributed by atoms with van der Waals surface area (Å²) >= 11 is 6.04. The van der Waals surface area contributed by atoms with E-state index in [4.69, 9.17) is 22.1 Å². The summed E-state index contributed by atoms with van der Waals surface area (Å²) in [6, 6.07) is 12.5. The van der Waals surface area contributed by atoms with Gasteiger partial charge in [-0.25, -0.2) is 0 Å². The number of Topliss-reactive ketones (excluding diaryl/α,β-unsaturated/α-hetero) is 1. The Kier molecular flexibility index (Phi) is 4.07. The molecule has 0 aliphatic carbocycles. The van der Waals surface area contributed by atoms with Crippen LogP contribution < -0.4 is 10.5 Å². The first-order chi connectivity index (χ1) is 9.08. The first-order valence-corrected chi connectivity index (χ1v) is 6.22. The van der Waals surface area contributed by atoms with Crippen LogP contribution in [-0.4, -0.2) is 5.78 Å². The summed E-state index contributed by atoms with van der Waals surface area (Å²) < 4.78 is 5.62. The maximum atomic E-state index is 11.2. The number of hydrogen-bond donors (Lipinski definition) is 1. The summed E-state index contributed by atoms with van der Waals surface area (Å²) in [5.41, 5.74) is 7.76. The highest BCUT2D eigenvalue weighted by atomic mass is 35.5. The van der Waals surface area contributed by atoms with Gasteiger partial charge in [0.15, 0.2) is 5.78 Å². The van der Waals surface area contributed by atoms with E-state index in [-0.39, 0.29) is 5.78 Å². The summed E-state index contributed by atoms with van der Waals surface area (Å²) in [6.07, 6.45) is 0. The molecule has 0 aromatic heterocycles. The van der Waals surface area contributed by atoms with Crippen molar-refractivity contribution in [2.45, 2.75) is 13.5 Å². The molecule has 3 nitrogen and oxygen atoms in total. The van der Waals surface area contributed by atoms with Gasteiger partial charge in [0.05, 0.1) is 5.69 Å². The van der Waals surface area contributed by atoms with Gasteiger partial charge in [-0.15, -0.1) is 0 Å². The number of nitrogens with two attached hydrogens (primary N) is 1. The number of anilines is 1. The number of ether oxygens (including phenoxy) is 1. The van der Waals surface area contributed by atoms with Gasteiger partial charge in [-0.05, 0) is 31.2 Å². The van der Waals surface area contributed by atoms with Crippen LogP contribution in [0.5, 0.6) is 5.75 Å². The highest BCUT2D eigenvalue weighted by Crippen LogP contribution is 2.25. The topological polar surface area (TPSA) is 52.3 Å². The molecule has 0 atom stereocenters. The monoisotopic (exact) mass is 275 g/mol. The molecule has 0 aliphatic heterocycles. The van der Waals surface area contributed by atoms with Crippen LogP contribution in [0, 0.1) is 0 Å². The Bertz CT molecular complexity index is 611. The standard InChI is InChI=1S/C15H14ClNO2/c1-10(18)11-6-7-15(14(17)8-11)19-9-12-4-2-3-5-13(12)16/h2-8H,9,17H2,1H3. The molecule has 0 radical (unpaired) electrons. The molecule has 0 saturated heterocycles. The number of benzene rings is 2. The van der Waals surface area contributed by atoms with E-state index in [1.165, 1.54) is 6.92 Å². The smallest absolute Gasteiger partial charge is 0.159 e. The third-order valence-electron chi connectivity index (χ3n) is 2.76. The van der Waals surface area contributed by atoms with Crippen LogP contribution in [0.25, 0.3) is 0 Å². The van der Waals surface area contributed by atoms with Crippen molar-refractivity contribution < 1.29 is 9.53 Å². The molecular formula is C15H14ClNO2. The van der Waals surface area contributed by atoms with Gasteiger partial charge in [-0.3, -0.25) is 4.79 Å². The van der Waals surface area contributed by atoms with Crippen molar-refractivity contribution in [3.05, 3.63) is 58.6 Å². The first kappa shape index (κ1) is 13.4. The molecule has 0 fully saturated rings. The molecule has 0 unspecified atom stereocenters. The number of rotatable bonds is 4. The van der Waals surface area contributed by atoms with Gasteiger partial charge in [0, 0.05) is 16.1 Å². The van der Waals surface area contributed by atoms with Crippen molar-refractivity contribution >= 4 is 23.1 Å². The number of ketones is 1. The van der Waals surface area contributed by atoms with Crippen molar-refractivity contribution in [3.63, 3.8) is 0 Å². The Labute approximate surface area is 117 Å². The Hall–Kier alpha value is -2.00. The maximum absolute atomic E-state index is 11.2. The molecule has 0 saturated carbocycles. The largest absolute Gasteiger partial charge is 0.487 e. The van der Waals surface area contributed by atoms with Crippen LogP contribution >= 0.6 is 11.6 Å². The summed E-state index contributed by atoms with van der Waals surface area (Å²) in [5, 5.41) is 0.654. The van der Waals surface area contributed by atoms with Crippen LogP contribution in [0.2, 0.25) is 5.02 Å². The van der Waals surface area contributed by atoms with Crippen LogP contribution in [0.3, 0.4) is 0 Å². The van der Waals surface area contributed by atoms with Gasteiger partial charge in [-0.2, -0.15) is 0 Å². The molecule has 0 aliphatic rings. The number of halogens is 1. The quantitative estimate of drug-likeness (QED) is 0.684. The van der Waals surface area contributed by atoms with Crippen molar-refractivity contribution in [1.82, 2.24) is 0 Å². The van der Waals surface area contributed by atoms with Crippen molar-refractivity contribution in [2.24, 2.45) is 0 Å². The molecule has 4 heteroatoms. The average Bonchev–Trinajstić information content (AvgIpc) is 2.39. The van der Waals surface area contributed by atoms with Gasteiger partial charge in [0.1, 0.15) is 12.4 Å². The van der Waals surface area contributed by atoms with Gasteiger partial charge in [-0.1, -0.05) is 29.8 Å². The van der Waals surface area contributed by atoms with Crippen molar-refractivity contribution in [1.29, 1.82) is 0 Å². The molecular weight excluding hydrogens is 262 g/mol. The minimum absolute atomic E-state index is 0.0237. The molecule has 2 rings (SSSR count). The van der Waals surface area contributed by atoms with E-state index in [9.17, 15) is 4.79 Å². The van der Waals surface area contributed by atoms with E-state index in [0.29, 0.717) is 28.6 Å². The van der Waals surface area contributed by atoms with Crippen LogP contribution in [-0.2, 0) is 6.61 Å². The molecule has 2 aromatic rings. The fraction of sp³-hybridized carbons (Fsp3) is 0.133. The lowest BCUT2D eigenvalue weighted by molar-refractivity contribution is 0.101. The molecule has 2 N–H and O–H groups in total. The second-order valence-electron chi connectivity index (χ2n) is 4.19. The van der Waals surface area contributed by atoms with Gasteiger partial charge >= 0.3 is 0 Å². The zero-order chi connectivity index (χ0) is 13.8. The molecule has 0 spiro atoms. The number of nitrogen functional groups attached to an aromatic ring is 1. The molecule has 0 amide bonds. The maximum Gasteiger partial charge on any atom is 0.159 e. The average molecular weight is 276 g/mol. The van der Waals surface area contributed by atoms with Gasteiger partial charge < -0.3 is 10.5 Å². The fourth-order valence-electron chi connectivity index (χ4n) is 1.67. The third-order valence-corrected chi connectivity index (χ3v) is 3.13. The lowest BCUT2D eigenvalue weighted by Gasteiger charge is -2.10. The number of carbonyl (C=O) groups excluding carboxylic acids is 1. The van der Waals surface area contributed by atoms with Crippen LogP contribution in [0.4, 0.5) is 5.69 Å². The fourth-order valence-corrected chi connectivity index (χ4v) is 1.86. The second-order valence-corrected chi connectivity index (χ2v) is 4.60. The Morgan fingerprint density at radius 2 is 2.00 bits per heavy atom. The highest BCUT2D eigenvalue weighted by Gasteiger charge is 2.06. The third kappa shape index (κ3) is 3.26. The zero-order valence-corrected chi connectivity index (χ0v) is 11.3. The highest BCUT2D eigenvalue weighted by molar-refractivity contribution is 6.31. The summed E-state index contributed by atoms with van der Waals surface area (Å²) in [7, 11) is 0. The van der Waals surface area contributed by atoms with Gasteiger partial charge in [0.25, 0.3) is 0 Å². The van der Waals surface area contributed by atoms with E-state index < -0.39 is 0 Å². The lowest BCUT2D eigenvalue weighted by Crippen LogP contribution is -2.01. The Balaban J connectivity index is 2.12. The van der Waals surface area contributed by atoms with E-state index in [2.05, 4.69) is 0 Å². The second kappa shape index (κ2) is 5.76. The zero-order valence-electron chi connectivity index (χ0n) is 10.5. The molecule has 98 valence electrons.